The molecule has 1 aliphatic heterocycles. The molecular weight excluding hydrogens is 270 g/mol. The Morgan fingerprint density at radius 3 is 2.81 bits per heavy atom. The molecule has 1 aromatic carbocycles. The molecule has 5 heteroatoms. The third-order valence-corrected chi connectivity index (χ3v) is 3.10. The highest BCUT2D eigenvalue weighted by Crippen LogP contribution is 2.30. The number of benzene rings is 1. The molecule has 0 aromatic heterocycles. The molecule has 1 aromatic rings. The van der Waals surface area contributed by atoms with E-state index < -0.39 is 0 Å². The molecule has 2 rings (SSSR count). The van der Waals surface area contributed by atoms with Gasteiger partial charge in [-0.2, -0.15) is 0 Å². The van der Waals surface area contributed by atoms with Crippen molar-refractivity contribution in [2.45, 2.75) is 26.4 Å². The predicted octanol–water partition coefficient (Wildman–Crippen LogP) is 2.05. The fourth-order valence-corrected chi connectivity index (χ4v) is 2.04. The Balaban J connectivity index is 1.73. The molecule has 0 atom stereocenters. The van der Waals surface area contributed by atoms with Crippen molar-refractivity contribution in [3.63, 3.8) is 0 Å². The summed E-state index contributed by atoms with van der Waals surface area (Å²) >= 11 is 0. The molecule has 0 spiro atoms. The third kappa shape index (κ3) is 5.02. The van der Waals surface area contributed by atoms with Gasteiger partial charge in [-0.1, -0.05) is 0 Å². The first-order chi connectivity index (χ1) is 10.2. The lowest BCUT2D eigenvalue weighted by Gasteiger charge is -2.18. The van der Waals surface area contributed by atoms with Crippen LogP contribution in [0.5, 0.6) is 11.5 Å². The van der Waals surface area contributed by atoms with E-state index in [0.717, 1.165) is 13.0 Å². The smallest absolute Gasteiger partial charge is 0.176 e. The van der Waals surface area contributed by atoms with Crippen molar-refractivity contribution in [1.29, 1.82) is 0 Å². The van der Waals surface area contributed by atoms with Crippen molar-refractivity contribution in [2.75, 3.05) is 32.9 Å². The molecule has 5 nitrogen and oxygen atoms in total. The van der Waals surface area contributed by atoms with Crippen LogP contribution in [0.1, 0.15) is 30.6 Å². The van der Waals surface area contributed by atoms with Crippen molar-refractivity contribution < 1.29 is 19.0 Å². The molecule has 0 saturated carbocycles. The third-order valence-electron chi connectivity index (χ3n) is 3.10. The Hall–Kier alpha value is -1.59. The van der Waals surface area contributed by atoms with Gasteiger partial charge in [0, 0.05) is 12.2 Å². The lowest BCUT2D eigenvalue weighted by atomic mass is 10.1. The van der Waals surface area contributed by atoms with Crippen molar-refractivity contribution in [3.05, 3.63) is 23.8 Å². The highest BCUT2D eigenvalue weighted by Gasteiger charge is 2.14. The van der Waals surface area contributed by atoms with Crippen LogP contribution in [0.25, 0.3) is 0 Å². The molecule has 0 radical (unpaired) electrons. The molecular formula is C16H23NO4. The van der Waals surface area contributed by atoms with Crippen LogP contribution in [0.4, 0.5) is 0 Å². The summed E-state index contributed by atoms with van der Waals surface area (Å²) in [5.74, 6) is 1.41. The number of carbonyl (C=O) groups is 1. The zero-order valence-corrected chi connectivity index (χ0v) is 12.7. The second-order valence-electron chi connectivity index (χ2n) is 5.23. The van der Waals surface area contributed by atoms with Gasteiger partial charge in [-0.25, -0.2) is 0 Å². The predicted molar refractivity (Wildman–Crippen MR) is 80.3 cm³/mol. The van der Waals surface area contributed by atoms with Gasteiger partial charge in [0.25, 0.3) is 0 Å². The van der Waals surface area contributed by atoms with Crippen LogP contribution in [0.15, 0.2) is 18.2 Å². The second-order valence-corrected chi connectivity index (χ2v) is 5.23. The van der Waals surface area contributed by atoms with Crippen LogP contribution in [-0.4, -0.2) is 44.8 Å². The first-order valence-corrected chi connectivity index (χ1v) is 7.42. The summed E-state index contributed by atoms with van der Waals surface area (Å²) in [5, 5.41) is 3.14. The summed E-state index contributed by atoms with van der Waals surface area (Å²) in [7, 11) is 0. The van der Waals surface area contributed by atoms with Crippen LogP contribution >= 0.6 is 0 Å². The molecule has 21 heavy (non-hydrogen) atoms. The number of hydrogen-bond acceptors (Lipinski definition) is 5. The van der Waals surface area contributed by atoms with Crippen LogP contribution in [0.3, 0.4) is 0 Å². The van der Waals surface area contributed by atoms with Gasteiger partial charge in [0.15, 0.2) is 17.3 Å². The van der Waals surface area contributed by atoms with Gasteiger partial charge >= 0.3 is 0 Å². The van der Waals surface area contributed by atoms with E-state index in [1.807, 2.05) is 13.8 Å². The molecule has 0 bridgehead atoms. The van der Waals surface area contributed by atoms with Gasteiger partial charge in [-0.15, -0.1) is 0 Å². The molecule has 1 aliphatic rings. The summed E-state index contributed by atoms with van der Waals surface area (Å²) in [5.41, 5.74) is 0.644. The van der Waals surface area contributed by atoms with Crippen molar-refractivity contribution in [3.8, 4) is 11.5 Å². The molecule has 116 valence electrons. The number of carbonyl (C=O) groups excluding carboxylic acids is 1. The highest BCUT2D eigenvalue weighted by atomic mass is 16.6. The fraction of sp³-hybridized carbons (Fsp3) is 0.562. The van der Waals surface area contributed by atoms with E-state index in [0.29, 0.717) is 43.4 Å². The Bertz CT molecular complexity index is 473. The first-order valence-electron chi connectivity index (χ1n) is 7.42. The normalized spacial score (nSPS) is 13.5. The Kier molecular flexibility index (Phi) is 6.02. The van der Waals surface area contributed by atoms with Gasteiger partial charge in [-0.3, -0.25) is 4.79 Å². The largest absolute Gasteiger partial charge is 0.486 e. The molecule has 0 fully saturated rings. The highest BCUT2D eigenvalue weighted by molar-refractivity contribution is 5.98. The number of ketones is 1. The van der Waals surface area contributed by atoms with Gasteiger partial charge in [-0.05, 0) is 45.0 Å². The average Bonchev–Trinajstić information content (AvgIpc) is 2.49. The number of hydrogen-bond donors (Lipinski definition) is 1. The summed E-state index contributed by atoms with van der Waals surface area (Å²) in [4.78, 5) is 12.1. The van der Waals surface area contributed by atoms with E-state index in [2.05, 4.69) is 5.32 Å². The monoisotopic (exact) mass is 293 g/mol. The standard InChI is InChI=1S/C16H23NO4/c1-12(2)19-7-3-6-17-11-14(18)13-4-5-15-16(10-13)21-9-8-20-15/h4-5,10,12,17H,3,6-9,11H2,1-2H3. The molecule has 1 N–H and O–H groups in total. The zero-order valence-electron chi connectivity index (χ0n) is 12.7. The Morgan fingerprint density at radius 1 is 1.29 bits per heavy atom. The lowest BCUT2D eigenvalue weighted by Crippen LogP contribution is -2.25. The first kappa shape index (κ1) is 15.8. The minimum atomic E-state index is 0.0525. The van der Waals surface area contributed by atoms with Gasteiger partial charge in [0.05, 0.1) is 12.6 Å². The van der Waals surface area contributed by atoms with Crippen LogP contribution in [0.2, 0.25) is 0 Å². The summed E-state index contributed by atoms with van der Waals surface area (Å²) in [6.07, 6.45) is 1.15. The van der Waals surface area contributed by atoms with E-state index in [1.165, 1.54) is 0 Å². The SMILES string of the molecule is CC(C)OCCCNCC(=O)c1ccc2c(c1)OCCO2. The molecule has 1 heterocycles. The minimum absolute atomic E-state index is 0.0525. The second kappa shape index (κ2) is 8.00. The molecule has 0 amide bonds. The van der Waals surface area contributed by atoms with Gasteiger partial charge < -0.3 is 19.5 Å². The number of fused-ring (bicyclic) bond motifs is 1. The van der Waals surface area contributed by atoms with E-state index in [4.69, 9.17) is 14.2 Å². The van der Waals surface area contributed by atoms with Crippen LogP contribution in [-0.2, 0) is 4.74 Å². The van der Waals surface area contributed by atoms with E-state index in [1.54, 1.807) is 18.2 Å². The number of rotatable bonds is 8. The molecule has 0 unspecified atom stereocenters. The topological polar surface area (TPSA) is 56.8 Å². The zero-order chi connectivity index (χ0) is 15.1. The fourth-order valence-electron chi connectivity index (χ4n) is 2.04. The minimum Gasteiger partial charge on any atom is -0.486 e. The van der Waals surface area contributed by atoms with Crippen molar-refractivity contribution in [2.24, 2.45) is 0 Å². The van der Waals surface area contributed by atoms with E-state index in [-0.39, 0.29) is 11.9 Å². The summed E-state index contributed by atoms with van der Waals surface area (Å²) in [6.45, 7) is 6.91. The summed E-state index contributed by atoms with van der Waals surface area (Å²) < 4.78 is 16.4. The van der Waals surface area contributed by atoms with Gasteiger partial charge in [0.2, 0.25) is 0 Å². The van der Waals surface area contributed by atoms with E-state index in [9.17, 15) is 4.79 Å². The maximum atomic E-state index is 12.1. The maximum absolute atomic E-state index is 12.1. The van der Waals surface area contributed by atoms with Crippen molar-refractivity contribution in [1.82, 2.24) is 5.32 Å². The maximum Gasteiger partial charge on any atom is 0.176 e. The summed E-state index contributed by atoms with van der Waals surface area (Å²) in [6, 6.07) is 5.32. The van der Waals surface area contributed by atoms with Crippen LogP contribution < -0.4 is 14.8 Å². The number of ether oxygens (including phenoxy) is 3. The number of nitrogens with one attached hydrogen (secondary N) is 1. The quantitative estimate of drug-likeness (QED) is 0.587. The molecule has 0 aliphatic carbocycles. The van der Waals surface area contributed by atoms with Gasteiger partial charge in [0.1, 0.15) is 13.2 Å². The Morgan fingerprint density at radius 2 is 2.05 bits per heavy atom. The average molecular weight is 293 g/mol. The van der Waals surface area contributed by atoms with Crippen molar-refractivity contribution >= 4 is 5.78 Å². The molecule has 0 saturated heterocycles. The lowest BCUT2D eigenvalue weighted by molar-refractivity contribution is 0.0767. The van der Waals surface area contributed by atoms with Crippen LogP contribution in [0, 0.1) is 0 Å². The van der Waals surface area contributed by atoms with E-state index >= 15 is 0 Å². The Labute approximate surface area is 125 Å². The number of Topliss-reactive ketones (excluding diaryl/α,β-unsaturated/α-hetero) is 1.